The van der Waals surface area contributed by atoms with E-state index in [0.29, 0.717) is 5.56 Å². The normalized spacial score (nSPS) is 10.3. The van der Waals surface area contributed by atoms with E-state index in [0.717, 1.165) is 6.07 Å². The second-order valence-corrected chi connectivity index (χ2v) is 3.46. The molecule has 0 spiro atoms. The summed E-state index contributed by atoms with van der Waals surface area (Å²) in [7, 11) is 0. The summed E-state index contributed by atoms with van der Waals surface area (Å²) in [5.74, 6) is -1.31. The molecule has 0 radical (unpaired) electrons. The third-order valence-electron chi connectivity index (χ3n) is 2.24. The smallest absolute Gasteiger partial charge is 0.166 e. The highest BCUT2D eigenvalue weighted by Crippen LogP contribution is 2.26. The van der Waals surface area contributed by atoms with Gasteiger partial charge in [-0.2, -0.15) is 0 Å². The molecule has 0 saturated carbocycles. The molecule has 0 aliphatic heterocycles. The van der Waals surface area contributed by atoms with Crippen molar-refractivity contribution in [3.63, 3.8) is 0 Å². The van der Waals surface area contributed by atoms with E-state index in [4.69, 9.17) is 9.84 Å². The highest BCUT2D eigenvalue weighted by molar-refractivity contribution is 5.34. The molecule has 0 saturated heterocycles. The molecule has 17 heavy (non-hydrogen) atoms. The molecule has 0 amide bonds. The number of aliphatic hydroxyl groups is 1. The first-order valence-electron chi connectivity index (χ1n) is 5.02. The average Bonchev–Trinajstić information content (AvgIpc) is 2.34. The minimum atomic E-state index is -0.639. The molecule has 2 aromatic rings. The summed E-state index contributed by atoms with van der Waals surface area (Å²) in [6.45, 7) is -0.253. The lowest BCUT2D eigenvalue weighted by molar-refractivity contribution is 0.281. The monoisotopic (exact) mass is 236 g/mol. The molecular weight excluding hydrogens is 226 g/mol. The quantitative estimate of drug-likeness (QED) is 0.886. The summed E-state index contributed by atoms with van der Waals surface area (Å²) in [6, 6.07) is 9.78. The van der Waals surface area contributed by atoms with Gasteiger partial charge in [-0.3, -0.25) is 0 Å². The fraction of sp³-hybridized carbons (Fsp3) is 0.0769. The van der Waals surface area contributed by atoms with Gasteiger partial charge < -0.3 is 9.84 Å². The maximum atomic E-state index is 13.5. The molecule has 0 aliphatic carbocycles. The maximum absolute atomic E-state index is 13.5. The summed E-state index contributed by atoms with van der Waals surface area (Å²) >= 11 is 0. The van der Waals surface area contributed by atoms with Crippen LogP contribution in [0.1, 0.15) is 5.56 Å². The van der Waals surface area contributed by atoms with Crippen molar-refractivity contribution in [2.45, 2.75) is 6.61 Å². The summed E-state index contributed by atoms with van der Waals surface area (Å²) in [5.41, 5.74) is 0.434. The fourth-order valence-electron chi connectivity index (χ4n) is 1.37. The van der Waals surface area contributed by atoms with E-state index in [9.17, 15) is 8.78 Å². The third-order valence-corrected chi connectivity index (χ3v) is 2.24. The second-order valence-electron chi connectivity index (χ2n) is 3.46. The molecule has 0 unspecified atom stereocenters. The molecule has 0 fully saturated rings. The molecule has 88 valence electrons. The van der Waals surface area contributed by atoms with Crippen molar-refractivity contribution in [2.24, 2.45) is 0 Å². The Balaban J connectivity index is 2.28. The molecular formula is C13H10F2O2. The first-order valence-corrected chi connectivity index (χ1v) is 5.02. The predicted octanol–water partition coefficient (Wildman–Crippen LogP) is 3.25. The van der Waals surface area contributed by atoms with E-state index in [2.05, 4.69) is 0 Å². The molecule has 0 aliphatic rings. The van der Waals surface area contributed by atoms with Gasteiger partial charge in [0.1, 0.15) is 0 Å². The summed E-state index contributed by atoms with van der Waals surface area (Å²) < 4.78 is 31.9. The van der Waals surface area contributed by atoms with Gasteiger partial charge in [-0.25, -0.2) is 8.78 Å². The van der Waals surface area contributed by atoms with Gasteiger partial charge in [0, 0.05) is 0 Å². The molecule has 0 heterocycles. The van der Waals surface area contributed by atoms with E-state index in [1.807, 2.05) is 0 Å². The summed E-state index contributed by atoms with van der Waals surface area (Å²) in [6.07, 6.45) is 0. The Morgan fingerprint density at radius 2 is 1.65 bits per heavy atom. The molecule has 4 heteroatoms. The maximum Gasteiger partial charge on any atom is 0.166 e. The van der Waals surface area contributed by atoms with Gasteiger partial charge in [-0.15, -0.1) is 0 Å². The first-order chi connectivity index (χ1) is 8.20. The minimum Gasteiger partial charge on any atom is -0.451 e. The minimum absolute atomic E-state index is 0.0388. The van der Waals surface area contributed by atoms with Crippen LogP contribution in [0.15, 0.2) is 42.5 Å². The van der Waals surface area contributed by atoms with Gasteiger partial charge in [0.15, 0.2) is 23.1 Å². The van der Waals surface area contributed by atoms with E-state index in [1.54, 1.807) is 6.07 Å². The number of benzene rings is 2. The lowest BCUT2D eigenvalue weighted by Gasteiger charge is -2.08. The summed E-state index contributed by atoms with van der Waals surface area (Å²) in [5, 5.41) is 8.82. The molecule has 0 aromatic heterocycles. The topological polar surface area (TPSA) is 29.5 Å². The molecule has 2 nitrogen and oxygen atoms in total. The Morgan fingerprint density at radius 3 is 2.29 bits per heavy atom. The Labute approximate surface area is 97.1 Å². The number of hydrogen-bond acceptors (Lipinski definition) is 2. The van der Waals surface area contributed by atoms with E-state index < -0.39 is 11.6 Å². The number of hydrogen-bond donors (Lipinski definition) is 1. The molecule has 2 aromatic carbocycles. The zero-order valence-corrected chi connectivity index (χ0v) is 8.86. The van der Waals surface area contributed by atoms with Crippen LogP contribution in [-0.4, -0.2) is 5.11 Å². The van der Waals surface area contributed by atoms with Crippen LogP contribution in [0.25, 0.3) is 0 Å². The van der Waals surface area contributed by atoms with Gasteiger partial charge in [0.25, 0.3) is 0 Å². The van der Waals surface area contributed by atoms with E-state index in [1.165, 1.54) is 30.3 Å². The van der Waals surface area contributed by atoms with Crippen LogP contribution in [-0.2, 0) is 6.61 Å². The van der Waals surface area contributed by atoms with Gasteiger partial charge >= 0.3 is 0 Å². The van der Waals surface area contributed by atoms with Gasteiger partial charge in [0.2, 0.25) is 0 Å². The van der Waals surface area contributed by atoms with Crippen LogP contribution in [0.3, 0.4) is 0 Å². The number of rotatable bonds is 3. The lowest BCUT2D eigenvalue weighted by atomic mass is 10.2. The average molecular weight is 236 g/mol. The van der Waals surface area contributed by atoms with Crippen LogP contribution in [0, 0.1) is 11.6 Å². The second kappa shape index (κ2) is 4.93. The molecule has 1 N–H and O–H groups in total. The predicted molar refractivity (Wildman–Crippen MR) is 58.8 cm³/mol. The van der Waals surface area contributed by atoms with Crippen molar-refractivity contribution < 1.29 is 18.6 Å². The largest absolute Gasteiger partial charge is 0.451 e. The van der Waals surface area contributed by atoms with Crippen molar-refractivity contribution in [1.29, 1.82) is 0 Å². The Bertz CT molecular complexity index is 527. The molecule has 2 rings (SSSR count). The van der Waals surface area contributed by atoms with Gasteiger partial charge in [-0.1, -0.05) is 18.2 Å². The first kappa shape index (κ1) is 11.5. The number of aliphatic hydroxyl groups excluding tert-OH is 1. The van der Waals surface area contributed by atoms with Crippen molar-refractivity contribution >= 4 is 0 Å². The van der Waals surface area contributed by atoms with Gasteiger partial charge in [0.05, 0.1) is 6.61 Å². The third kappa shape index (κ3) is 2.60. The highest BCUT2D eigenvalue weighted by atomic mass is 19.1. The van der Waals surface area contributed by atoms with Crippen molar-refractivity contribution in [2.75, 3.05) is 0 Å². The zero-order valence-electron chi connectivity index (χ0n) is 8.86. The van der Waals surface area contributed by atoms with Crippen LogP contribution in [0.4, 0.5) is 8.78 Å². The Morgan fingerprint density at radius 1 is 0.941 bits per heavy atom. The number of para-hydroxylation sites is 1. The van der Waals surface area contributed by atoms with Crippen LogP contribution in [0.5, 0.6) is 11.5 Å². The van der Waals surface area contributed by atoms with Crippen LogP contribution in [0.2, 0.25) is 0 Å². The van der Waals surface area contributed by atoms with Crippen LogP contribution < -0.4 is 4.74 Å². The standard InChI is InChI=1S/C13H10F2O2/c14-10-3-1-2-4-12(10)17-13-6-5-9(8-16)7-11(13)15/h1-7,16H,8H2. The van der Waals surface area contributed by atoms with Crippen molar-refractivity contribution in [1.82, 2.24) is 0 Å². The van der Waals surface area contributed by atoms with Crippen molar-refractivity contribution in [3.05, 3.63) is 59.7 Å². The Kier molecular flexibility index (Phi) is 3.35. The van der Waals surface area contributed by atoms with Crippen molar-refractivity contribution in [3.8, 4) is 11.5 Å². The summed E-state index contributed by atoms with van der Waals surface area (Å²) in [4.78, 5) is 0. The van der Waals surface area contributed by atoms with E-state index >= 15 is 0 Å². The highest BCUT2D eigenvalue weighted by Gasteiger charge is 2.08. The van der Waals surface area contributed by atoms with Gasteiger partial charge in [-0.05, 0) is 29.8 Å². The number of halogens is 2. The van der Waals surface area contributed by atoms with E-state index in [-0.39, 0.29) is 18.1 Å². The fourth-order valence-corrected chi connectivity index (χ4v) is 1.37. The lowest BCUT2D eigenvalue weighted by Crippen LogP contribution is -1.92. The molecule has 0 atom stereocenters. The zero-order chi connectivity index (χ0) is 12.3. The molecule has 0 bridgehead atoms. The SMILES string of the molecule is OCc1ccc(Oc2ccccc2F)c(F)c1. The Hall–Kier alpha value is -1.94. The number of ether oxygens (including phenoxy) is 1. The van der Waals surface area contributed by atoms with Crippen LogP contribution >= 0.6 is 0 Å².